The Hall–Kier alpha value is -0.620. The summed E-state index contributed by atoms with van der Waals surface area (Å²) in [5.41, 5.74) is -2.19. The van der Waals surface area contributed by atoms with E-state index in [2.05, 4.69) is 0 Å². The smallest absolute Gasteiger partial charge is 0.187 e. The van der Waals surface area contributed by atoms with Gasteiger partial charge in [0.1, 0.15) is 24.4 Å². The topological polar surface area (TPSA) is 160 Å². The highest BCUT2D eigenvalue weighted by Gasteiger charge is 2.57. The van der Waals surface area contributed by atoms with Crippen molar-refractivity contribution >= 4 is 0 Å². The fourth-order valence-corrected chi connectivity index (χ4v) is 4.21. The average molecular weight is 406 g/mol. The van der Waals surface area contributed by atoms with Crippen LogP contribution in [0, 0.1) is 11.3 Å². The summed E-state index contributed by atoms with van der Waals surface area (Å²) in [6.07, 6.45) is -6.89. The van der Waals surface area contributed by atoms with Gasteiger partial charge in [0.15, 0.2) is 6.29 Å². The second-order valence-electron chi connectivity index (χ2n) is 8.67. The quantitative estimate of drug-likeness (QED) is 0.263. The van der Waals surface area contributed by atoms with Crippen LogP contribution in [0.3, 0.4) is 0 Å². The number of aliphatic hydroxyl groups is 7. The molecule has 0 aromatic carbocycles. The van der Waals surface area contributed by atoms with Crippen molar-refractivity contribution in [2.24, 2.45) is 11.3 Å². The predicted molar refractivity (Wildman–Crippen MR) is 98.0 cm³/mol. The van der Waals surface area contributed by atoms with E-state index in [4.69, 9.17) is 9.47 Å². The van der Waals surface area contributed by atoms with Crippen LogP contribution in [-0.4, -0.2) is 97.0 Å². The summed E-state index contributed by atoms with van der Waals surface area (Å²) in [7, 11) is 0. The van der Waals surface area contributed by atoms with E-state index in [1.54, 1.807) is 27.7 Å². The van der Waals surface area contributed by atoms with Crippen LogP contribution in [-0.2, 0) is 9.47 Å². The van der Waals surface area contributed by atoms with Gasteiger partial charge >= 0.3 is 0 Å². The van der Waals surface area contributed by atoms with Crippen LogP contribution in [0.25, 0.3) is 0 Å². The Balaban J connectivity index is 2.27. The molecule has 2 fully saturated rings. The van der Waals surface area contributed by atoms with Gasteiger partial charge in [0, 0.05) is 11.3 Å². The maximum Gasteiger partial charge on any atom is 0.187 e. The van der Waals surface area contributed by atoms with Crippen LogP contribution in [0.15, 0.2) is 12.2 Å². The van der Waals surface area contributed by atoms with Crippen molar-refractivity contribution in [3.8, 4) is 0 Å². The SMILES string of the molecule is CC(O)/C=C/C1(O)C(C)C(O[C@@H]2O[C@H](CO)[C@@H](O)[C@H](O)[C@H]2O)C(O)CC1(C)C. The molecule has 28 heavy (non-hydrogen) atoms. The minimum atomic E-state index is -1.60. The monoisotopic (exact) mass is 406 g/mol. The molecule has 1 aliphatic heterocycles. The van der Waals surface area contributed by atoms with Crippen LogP contribution < -0.4 is 0 Å². The van der Waals surface area contributed by atoms with Gasteiger partial charge in [0.05, 0.1) is 30.5 Å². The molecule has 2 aliphatic rings. The van der Waals surface area contributed by atoms with Crippen molar-refractivity contribution in [2.45, 2.75) is 88.7 Å². The fourth-order valence-electron chi connectivity index (χ4n) is 4.21. The summed E-state index contributed by atoms with van der Waals surface area (Å²) in [5, 5.41) is 70.9. The first kappa shape index (κ1) is 23.7. The van der Waals surface area contributed by atoms with Gasteiger partial charge in [0.25, 0.3) is 0 Å². The van der Waals surface area contributed by atoms with E-state index in [0.29, 0.717) is 0 Å². The zero-order valence-corrected chi connectivity index (χ0v) is 16.7. The van der Waals surface area contributed by atoms with E-state index in [-0.39, 0.29) is 6.42 Å². The highest BCUT2D eigenvalue weighted by molar-refractivity contribution is 5.17. The van der Waals surface area contributed by atoms with Gasteiger partial charge in [-0.2, -0.15) is 0 Å². The molecular weight excluding hydrogens is 372 g/mol. The first-order valence-electron chi connectivity index (χ1n) is 9.59. The zero-order valence-electron chi connectivity index (χ0n) is 16.7. The largest absolute Gasteiger partial charge is 0.394 e. The van der Waals surface area contributed by atoms with Crippen molar-refractivity contribution in [1.82, 2.24) is 0 Å². The second kappa shape index (κ2) is 8.63. The maximum atomic E-state index is 11.4. The lowest BCUT2D eigenvalue weighted by Crippen LogP contribution is -2.64. The van der Waals surface area contributed by atoms with Gasteiger partial charge in [-0.05, 0) is 13.3 Å². The lowest BCUT2D eigenvalue weighted by molar-refractivity contribution is -0.332. The minimum Gasteiger partial charge on any atom is -0.394 e. The summed E-state index contributed by atoms with van der Waals surface area (Å²) in [4.78, 5) is 0. The van der Waals surface area contributed by atoms with Crippen LogP contribution in [0.5, 0.6) is 0 Å². The van der Waals surface area contributed by atoms with Gasteiger partial charge in [-0.25, -0.2) is 0 Å². The van der Waals surface area contributed by atoms with Gasteiger partial charge in [0.2, 0.25) is 0 Å². The Morgan fingerprint density at radius 2 is 1.75 bits per heavy atom. The zero-order chi connectivity index (χ0) is 21.4. The van der Waals surface area contributed by atoms with E-state index >= 15 is 0 Å². The molecule has 9 heteroatoms. The summed E-state index contributed by atoms with van der Waals surface area (Å²) < 4.78 is 11.1. The van der Waals surface area contributed by atoms with Gasteiger partial charge < -0.3 is 45.2 Å². The molecule has 2 rings (SSSR count). The second-order valence-corrected chi connectivity index (χ2v) is 8.67. The van der Waals surface area contributed by atoms with E-state index in [1.807, 2.05) is 0 Å². The third-order valence-electron chi connectivity index (χ3n) is 6.14. The molecule has 1 saturated heterocycles. The molecule has 0 spiro atoms. The van der Waals surface area contributed by atoms with Crippen LogP contribution in [0.2, 0.25) is 0 Å². The number of rotatable bonds is 5. The Kier molecular flexibility index (Phi) is 7.29. The van der Waals surface area contributed by atoms with Crippen LogP contribution in [0.1, 0.15) is 34.1 Å². The van der Waals surface area contributed by atoms with Crippen LogP contribution >= 0.6 is 0 Å². The van der Waals surface area contributed by atoms with Crippen molar-refractivity contribution in [1.29, 1.82) is 0 Å². The Labute approximate surface area is 164 Å². The van der Waals surface area contributed by atoms with Crippen molar-refractivity contribution < 1.29 is 45.2 Å². The third-order valence-corrected chi connectivity index (χ3v) is 6.14. The molecule has 0 aromatic rings. The lowest BCUT2D eigenvalue weighted by atomic mass is 9.58. The molecule has 0 bridgehead atoms. The molecule has 1 aliphatic carbocycles. The minimum absolute atomic E-state index is 0.167. The van der Waals surface area contributed by atoms with E-state index < -0.39 is 72.6 Å². The van der Waals surface area contributed by atoms with E-state index in [0.717, 1.165) is 0 Å². The summed E-state index contributed by atoms with van der Waals surface area (Å²) in [6, 6.07) is 0. The predicted octanol–water partition coefficient (Wildman–Crippen LogP) is -1.73. The molecule has 1 saturated carbocycles. The number of ether oxygens (including phenoxy) is 2. The number of hydrogen-bond acceptors (Lipinski definition) is 9. The molecule has 0 amide bonds. The Morgan fingerprint density at radius 3 is 2.29 bits per heavy atom. The molecule has 1 heterocycles. The van der Waals surface area contributed by atoms with E-state index in [1.165, 1.54) is 12.2 Å². The number of aliphatic hydroxyl groups excluding tert-OH is 6. The van der Waals surface area contributed by atoms with Crippen LogP contribution in [0.4, 0.5) is 0 Å². The molecule has 0 radical (unpaired) electrons. The molecule has 7 N–H and O–H groups in total. The summed E-state index contributed by atoms with van der Waals surface area (Å²) >= 11 is 0. The lowest BCUT2D eigenvalue weighted by Gasteiger charge is -2.54. The van der Waals surface area contributed by atoms with Gasteiger partial charge in [-0.3, -0.25) is 0 Å². The highest BCUT2D eigenvalue weighted by atomic mass is 16.7. The fraction of sp³-hybridized carbons (Fsp3) is 0.895. The maximum absolute atomic E-state index is 11.4. The first-order chi connectivity index (χ1) is 12.9. The van der Waals surface area contributed by atoms with E-state index in [9.17, 15) is 35.7 Å². The highest BCUT2D eigenvalue weighted by Crippen LogP contribution is 2.49. The molecule has 164 valence electrons. The molecule has 9 nitrogen and oxygen atoms in total. The Morgan fingerprint density at radius 1 is 1.14 bits per heavy atom. The van der Waals surface area contributed by atoms with Gasteiger partial charge in [-0.15, -0.1) is 0 Å². The molecule has 5 unspecified atom stereocenters. The normalized spacial score (nSPS) is 48.0. The van der Waals surface area contributed by atoms with Crippen molar-refractivity contribution in [3.05, 3.63) is 12.2 Å². The molecular formula is C19H34O9. The Bertz CT molecular complexity index is 550. The summed E-state index contributed by atoms with van der Waals surface area (Å²) in [5.74, 6) is -0.673. The average Bonchev–Trinajstić information content (AvgIpc) is 2.61. The molecule has 0 aromatic heterocycles. The molecule has 10 atom stereocenters. The standard InChI is InChI=1S/C19H34O9/c1-9(21)5-6-19(26)10(2)16(11(22)7-18(19,3)4)28-17-15(25)14(24)13(23)12(8-20)27-17/h5-6,9-17,20-26H,7-8H2,1-4H3/b6-5+/t9?,10?,11?,12-,13-,14+,15-,16?,17+,19?/m1/s1. The van der Waals surface area contributed by atoms with Crippen molar-refractivity contribution in [3.63, 3.8) is 0 Å². The summed E-state index contributed by atoms with van der Waals surface area (Å²) in [6.45, 7) is 6.22. The number of hydrogen-bond donors (Lipinski definition) is 7. The third kappa shape index (κ3) is 4.28. The first-order valence-corrected chi connectivity index (χ1v) is 9.59. The van der Waals surface area contributed by atoms with Crippen molar-refractivity contribution in [2.75, 3.05) is 6.61 Å². The van der Waals surface area contributed by atoms with Gasteiger partial charge in [-0.1, -0.05) is 32.9 Å².